The van der Waals surface area contributed by atoms with Crippen molar-refractivity contribution < 1.29 is 5.11 Å². The molecule has 1 heterocycles. The van der Waals surface area contributed by atoms with E-state index in [4.69, 9.17) is 0 Å². The zero-order valence-corrected chi connectivity index (χ0v) is 6.20. The Morgan fingerprint density at radius 1 is 1.36 bits per heavy atom. The van der Waals surface area contributed by atoms with Gasteiger partial charge in [-0.15, -0.1) is 0 Å². The first kappa shape index (κ1) is 6.83. The van der Waals surface area contributed by atoms with Gasteiger partial charge in [0.2, 0.25) is 0 Å². The number of nitrogens with one attached hydrogen (secondary N) is 1. The van der Waals surface area contributed by atoms with Crippen molar-refractivity contribution >= 4 is 0 Å². The van der Waals surface area contributed by atoms with Crippen molar-refractivity contribution in [2.24, 2.45) is 0 Å². The lowest BCUT2D eigenvalue weighted by molar-refractivity contribution is 0.176. The highest BCUT2D eigenvalue weighted by Gasteiger charge is 2.29. The molecule has 1 aromatic rings. The molecule has 0 amide bonds. The van der Waals surface area contributed by atoms with Gasteiger partial charge in [-0.1, -0.05) is 30.3 Å². The fourth-order valence-electron chi connectivity index (χ4n) is 1.17. The molecule has 0 unspecified atom stereocenters. The molecule has 58 valence electrons. The Hall–Kier alpha value is -0.860. The zero-order chi connectivity index (χ0) is 7.68. The first-order valence-electron chi connectivity index (χ1n) is 3.84. The molecule has 0 aliphatic carbocycles. The molecule has 1 aliphatic rings. The molecule has 1 aromatic carbocycles. The molecule has 1 aliphatic heterocycles. The second-order valence-corrected chi connectivity index (χ2v) is 2.87. The summed E-state index contributed by atoms with van der Waals surface area (Å²) in [5.41, 5.74) is 1.00. The van der Waals surface area contributed by atoms with Gasteiger partial charge in [-0.25, -0.2) is 0 Å². The summed E-state index contributed by atoms with van der Waals surface area (Å²) in [6.45, 7) is 0.941. The molecular formula is C9H11NO. The van der Waals surface area contributed by atoms with E-state index < -0.39 is 0 Å². The van der Waals surface area contributed by atoms with Crippen LogP contribution in [0.5, 0.6) is 0 Å². The number of benzene rings is 1. The van der Waals surface area contributed by atoms with E-state index in [2.05, 4.69) is 5.32 Å². The van der Waals surface area contributed by atoms with E-state index in [1.165, 1.54) is 0 Å². The van der Waals surface area contributed by atoms with Crippen LogP contribution in [0.15, 0.2) is 30.3 Å². The average Bonchev–Trinajstić information content (AvgIpc) is 2.87. The van der Waals surface area contributed by atoms with Crippen molar-refractivity contribution in [2.45, 2.75) is 12.1 Å². The minimum atomic E-state index is -0.323. The molecule has 11 heavy (non-hydrogen) atoms. The van der Waals surface area contributed by atoms with Crippen LogP contribution in [0, 0.1) is 0 Å². The van der Waals surface area contributed by atoms with Gasteiger partial charge in [-0.2, -0.15) is 0 Å². The standard InChI is InChI=1S/C9H11NO/c11-9(8-6-10-8)7-4-2-1-3-5-7/h1-5,8-11H,6H2/t8-,9-/m0/s1. The van der Waals surface area contributed by atoms with Crippen molar-refractivity contribution in [3.63, 3.8) is 0 Å². The summed E-state index contributed by atoms with van der Waals surface area (Å²) >= 11 is 0. The van der Waals surface area contributed by atoms with E-state index >= 15 is 0 Å². The van der Waals surface area contributed by atoms with Crippen molar-refractivity contribution in [1.29, 1.82) is 0 Å². The number of aliphatic hydroxyl groups excluding tert-OH is 1. The third kappa shape index (κ3) is 1.42. The lowest BCUT2D eigenvalue weighted by atomic mass is 10.1. The van der Waals surface area contributed by atoms with Gasteiger partial charge in [0.05, 0.1) is 6.10 Å². The summed E-state index contributed by atoms with van der Waals surface area (Å²) in [4.78, 5) is 0. The van der Waals surface area contributed by atoms with Crippen LogP contribution in [0.2, 0.25) is 0 Å². The van der Waals surface area contributed by atoms with Crippen LogP contribution in [0.1, 0.15) is 11.7 Å². The van der Waals surface area contributed by atoms with E-state index in [0.29, 0.717) is 0 Å². The fraction of sp³-hybridized carbons (Fsp3) is 0.333. The third-order valence-electron chi connectivity index (χ3n) is 1.96. The molecule has 0 spiro atoms. The number of rotatable bonds is 2. The molecule has 1 saturated heterocycles. The summed E-state index contributed by atoms with van der Waals surface area (Å²) in [5.74, 6) is 0. The van der Waals surface area contributed by atoms with Crippen LogP contribution in [0.3, 0.4) is 0 Å². The van der Waals surface area contributed by atoms with Crippen LogP contribution < -0.4 is 5.32 Å². The smallest absolute Gasteiger partial charge is 0.0955 e. The topological polar surface area (TPSA) is 42.2 Å². The summed E-state index contributed by atoms with van der Waals surface area (Å²) in [6.07, 6.45) is -0.323. The monoisotopic (exact) mass is 149 g/mol. The second kappa shape index (κ2) is 2.64. The van der Waals surface area contributed by atoms with Gasteiger partial charge < -0.3 is 10.4 Å². The Balaban J connectivity index is 2.15. The number of hydrogen-bond acceptors (Lipinski definition) is 2. The Bertz CT molecular complexity index is 231. The predicted octanol–water partition coefficient (Wildman–Crippen LogP) is 0.692. The predicted molar refractivity (Wildman–Crippen MR) is 43.2 cm³/mol. The molecular weight excluding hydrogens is 138 g/mol. The Labute approximate surface area is 65.9 Å². The van der Waals surface area contributed by atoms with Crippen molar-refractivity contribution in [3.8, 4) is 0 Å². The Morgan fingerprint density at radius 3 is 2.55 bits per heavy atom. The van der Waals surface area contributed by atoms with Crippen LogP contribution in [-0.4, -0.2) is 17.7 Å². The SMILES string of the molecule is O[C@@H](c1ccccc1)[C@@H]1CN1. The number of aliphatic hydroxyl groups is 1. The van der Waals surface area contributed by atoms with Gasteiger partial charge in [-0.3, -0.25) is 0 Å². The van der Waals surface area contributed by atoms with Crippen LogP contribution in [0.4, 0.5) is 0 Å². The highest BCUT2D eigenvalue weighted by Crippen LogP contribution is 2.20. The first-order valence-corrected chi connectivity index (χ1v) is 3.84. The summed E-state index contributed by atoms with van der Waals surface area (Å²) in [6, 6.07) is 10.0. The van der Waals surface area contributed by atoms with Crippen molar-refractivity contribution in [2.75, 3.05) is 6.54 Å². The van der Waals surface area contributed by atoms with E-state index in [-0.39, 0.29) is 12.1 Å². The molecule has 0 bridgehead atoms. The van der Waals surface area contributed by atoms with Crippen LogP contribution >= 0.6 is 0 Å². The largest absolute Gasteiger partial charge is 0.387 e. The van der Waals surface area contributed by atoms with Crippen LogP contribution in [-0.2, 0) is 0 Å². The van der Waals surface area contributed by atoms with Gasteiger partial charge in [-0.05, 0) is 5.56 Å². The van der Waals surface area contributed by atoms with E-state index in [9.17, 15) is 5.11 Å². The quantitative estimate of drug-likeness (QED) is 0.607. The molecule has 1 fully saturated rings. The maximum Gasteiger partial charge on any atom is 0.0955 e. The Morgan fingerprint density at radius 2 is 2.00 bits per heavy atom. The average molecular weight is 149 g/mol. The fourth-order valence-corrected chi connectivity index (χ4v) is 1.17. The molecule has 0 saturated carbocycles. The van der Waals surface area contributed by atoms with E-state index in [1.807, 2.05) is 30.3 Å². The molecule has 2 rings (SSSR count). The molecule has 2 N–H and O–H groups in total. The van der Waals surface area contributed by atoms with E-state index in [0.717, 1.165) is 12.1 Å². The van der Waals surface area contributed by atoms with Crippen LogP contribution in [0.25, 0.3) is 0 Å². The van der Waals surface area contributed by atoms with Crippen molar-refractivity contribution in [3.05, 3.63) is 35.9 Å². The molecule has 2 nitrogen and oxygen atoms in total. The van der Waals surface area contributed by atoms with Gasteiger partial charge in [0.1, 0.15) is 0 Å². The van der Waals surface area contributed by atoms with Crippen molar-refractivity contribution in [1.82, 2.24) is 5.32 Å². The molecule has 2 heteroatoms. The first-order chi connectivity index (χ1) is 5.38. The summed E-state index contributed by atoms with van der Waals surface area (Å²) in [5, 5.41) is 12.7. The molecule has 2 atom stereocenters. The second-order valence-electron chi connectivity index (χ2n) is 2.87. The molecule has 0 radical (unpaired) electrons. The lowest BCUT2D eigenvalue weighted by Gasteiger charge is -2.06. The van der Waals surface area contributed by atoms with Gasteiger partial charge in [0.15, 0.2) is 0 Å². The minimum Gasteiger partial charge on any atom is -0.387 e. The minimum absolute atomic E-state index is 0.289. The highest BCUT2D eigenvalue weighted by atomic mass is 16.3. The summed E-state index contributed by atoms with van der Waals surface area (Å²) in [7, 11) is 0. The molecule has 0 aromatic heterocycles. The van der Waals surface area contributed by atoms with Gasteiger partial charge >= 0.3 is 0 Å². The summed E-state index contributed by atoms with van der Waals surface area (Å²) < 4.78 is 0. The normalized spacial score (nSPS) is 24.6. The Kier molecular flexibility index (Phi) is 1.64. The maximum absolute atomic E-state index is 9.60. The number of hydrogen-bond donors (Lipinski definition) is 2. The zero-order valence-electron chi connectivity index (χ0n) is 6.20. The lowest BCUT2D eigenvalue weighted by Crippen LogP contribution is -2.07. The van der Waals surface area contributed by atoms with E-state index in [1.54, 1.807) is 0 Å². The highest BCUT2D eigenvalue weighted by molar-refractivity contribution is 5.20. The van der Waals surface area contributed by atoms with Gasteiger partial charge in [0, 0.05) is 12.6 Å². The van der Waals surface area contributed by atoms with Gasteiger partial charge in [0.25, 0.3) is 0 Å². The third-order valence-corrected chi connectivity index (χ3v) is 1.96. The maximum atomic E-state index is 9.60.